The van der Waals surface area contributed by atoms with E-state index in [1.54, 1.807) is 30.3 Å². The number of pyridine rings is 1. The first-order valence-corrected chi connectivity index (χ1v) is 11.2. The summed E-state index contributed by atoms with van der Waals surface area (Å²) in [6, 6.07) is 9.86. The molecule has 2 aromatic heterocycles. The maximum absolute atomic E-state index is 12.7. The zero-order valence-corrected chi connectivity index (χ0v) is 19.5. The average molecular weight is 449 g/mol. The van der Waals surface area contributed by atoms with Gasteiger partial charge in [0.1, 0.15) is 23.4 Å². The number of fused-ring (bicyclic) bond motifs is 1. The van der Waals surface area contributed by atoms with E-state index in [1.807, 2.05) is 44.3 Å². The van der Waals surface area contributed by atoms with Gasteiger partial charge in [-0.1, -0.05) is 18.2 Å². The third-order valence-corrected chi connectivity index (χ3v) is 5.86. The Labute approximate surface area is 194 Å². The van der Waals surface area contributed by atoms with Crippen molar-refractivity contribution in [3.8, 4) is 0 Å². The van der Waals surface area contributed by atoms with Gasteiger partial charge in [0.25, 0.3) is 0 Å². The number of nitrogens with two attached hydrogens (primary N) is 1. The Kier molecular flexibility index (Phi) is 8.38. The van der Waals surface area contributed by atoms with E-state index >= 15 is 0 Å². The molecule has 0 saturated carbocycles. The third kappa shape index (κ3) is 6.08. The molecule has 3 rings (SSSR count). The van der Waals surface area contributed by atoms with Gasteiger partial charge in [-0.3, -0.25) is 4.79 Å². The molecule has 1 unspecified atom stereocenters. The van der Waals surface area contributed by atoms with Gasteiger partial charge in [-0.15, -0.1) is 0 Å². The van der Waals surface area contributed by atoms with Crippen LogP contribution in [0.1, 0.15) is 35.3 Å². The van der Waals surface area contributed by atoms with Crippen LogP contribution in [0.25, 0.3) is 17.0 Å². The lowest BCUT2D eigenvalue weighted by molar-refractivity contribution is -0.125. The fraction of sp³-hybridized carbons (Fsp3) is 0.346. The number of anilines is 1. The van der Waals surface area contributed by atoms with Crippen molar-refractivity contribution in [3.05, 3.63) is 65.1 Å². The van der Waals surface area contributed by atoms with Crippen LogP contribution in [0.3, 0.4) is 0 Å². The predicted molar refractivity (Wildman–Crippen MR) is 132 cm³/mol. The van der Waals surface area contributed by atoms with Crippen molar-refractivity contribution in [1.82, 2.24) is 9.88 Å². The van der Waals surface area contributed by atoms with Crippen LogP contribution in [0.5, 0.6) is 0 Å². The highest BCUT2D eigenvalue weighted by atomic mass is 16.3. The Hall–Kier alpha value is -3.45. The summed E-state index contributed by atoms with van der Waals surface area (Å²) in [5, 5.41) is 4.15. The molecule has 1 atom stereocenters. The van der Waals surface area contributed by atoms with Gasteiger partial charge in [-0.25, -0.2) is 4.98 Å². The molecule has 3 N–H and O–H groups in total. The molecule has 7 nitrogen and oxygen atoms in total. The molecule has 0 spiro atoms. The monoisotopic (exact) mass is 448 g/mol. The predicted octanol–water partition coefficient (Wildman–Crippen LogP) is 3.95. The second-order valence-corrected chi connectivity index (χ2v) is 8.21. The van der Waals surface area contributed by atoms with E-state index in [9.17, 15) is 9.59 Å². The summed E-state index contributed by atoms with van der Waals surface area (Å²) in [6.07, 6.45) is 8.09. The summed E-state index contributed by atoms with van der Waals surface area (Å²) in [5.41, 5.74) is 9.29. The van der Waals surface area contributed by atoms with Gasteiger partial charge in [-0.2, -0.15) is 0 Å². The summed E-state index contributed by atoms with van der Waals surface area (Å²) in [4.78, 5) is 30.0. The SMILES string of the molecule is CNc1ncc(/C=C/C(=O)N(C)Cc2oc3ccccc3c2C)cc1CCC(C=O)CCN. The van der Waals surface area contributed by atoms with Gasteiger partial charge in [0.2, 0.25) is 5.91 Å². The highest BCUT2D eigenvalue weighted by Gasteiger charge is 2.14. The molecule has 0 aliphatic rings. The summed E-state index contributed by atoms with van der Waals surface area (Å²) < 4.78 is 5.93. The van der Waals surface area contributed by atoms with E-state index in [1.165, 1.54) is 0 Å². The Balaban J connectivity index is 1.67. The normalized spacial score (nSPS) is 12.2. The van der Waals surface area contributed by atoms with Crippen LogP contribution in [-0.2, 0) is 22.6 Å². The van der Waals surface area contributed by atoms with Crippen LogP contribution in [0.15, 0.2) is 47.0 Å². The van der Waals surface area contributed by atoms with Gasteiger partial charge in [0.15, 0.2) is 0 Å². The zero-order chi connectivity index (χ0) is 23.8. The van der Waals surface area contributed by atoms with Crippen molar-refractivity contribution in [2.24, 2.45) is 11.7 Å². The van der Waals surface area contributed by atoms with Crippen LogP contribution >= 0.6 is 0 Å². The fourth-order valence-electron chi connectivity index (χ4n) is 3.83. The second kappa shape index (κ2) is 11.4. The van der Waals surface area contributed by atoms with E-state index in [2.05, 4.69) is 10.3 Å². The average Bonchev–Trinajstić information content (AvgIpc) is 3.15. The summed E-state index contributed by atoms with van der Waals surface area (Å²) in [5.74, 6) is 1.37. The minimum atomic E-state index is -0.127. The number of nitrogens with zero attached hydrogens (tertiary/aromatic N) is 2. The van der Waals surface area contributed by atoms with Crippen LogP contribution in [-0.4, -0.2) is 42.7 Å². The molecule has 7 heteroatoms. The number of hydrogen-bond acceptors (Lipinski definition) is 6. The Morgan fingerprint density at radius 1 is 1.30 bits per heavy atom. The van der Waals surface area contributed by atoms with Gasteiger partial charge in [0.05, 0.1) is 6.54 Å². The van der Waals surface area contributed by atoms with Gasteiger partial charge in [-0.05, 0) is 62.1 Å². The molecule has 3 aromatic rings. The number of aldehydes is 1. The fourth-order valence-corrected chi connectivity index (χ4v) is 3.83. The minimum Gasteiger partial charge on any atom is -0.459 e. The summed E-state index contributed by atoms with van der Waals surface area (Å²) in [6.45, 7) is 2.89. The Morgan fingerprint density at radius 2 is 2.09 bits per heavy atom. The number of aromatic nitrogens is 1. The Bertz CT molecular complexity index is 1140. The zero-order valence-electron chi connectivity index (χ0n) is 19.5. The molecule has 1 amide bonds. The molecule has 0 radical (unpaired) electrons. The lowest BCUT2D eigenvalue weighted by Crippen LogP contribution is -2.24. The van der Waals surface area contributed by atoms with E-state index in [4.69, 9.17) is 10.2 Å². The number of carbonyl (C=O) groups excluding carboxylic acids is 2. The van der Waals surface area contributed by atoms with Crippen LogP contribution in [0.4, 0.5) is 5.82 Å². The molecule has 0 saturated heterocycles. The first-order chi connectivity index (χ1) is 16.0. The van der Waals surface area contributed by atoms with E-state index in [0.717, 1.165) is 45.5 Å². The van der Waals surface area contributed by atoms with Crippen LogP contribution in [0.2, 0.25) is 0 Å². The number of para-hydroxylation sites is 1. The van der Waals surface area contributed by atoms with Gasteiger partial charge < -0.3 is 25.2 Å². The van der Waals surface area contributed by atoms with Gasteiger partial charge >= 0.3 is 0 Å². The van der Waals surface area contributed by atoms with Gasteiger partial charge in [0, 0.05) is 43.2 Å². The smallest absolute Gasteiger partial charge is 0.246 e. The molecule has 1 aromatic carbocycles. The minimum absolute atomic E-state index is 0.0594. The van der Waals surface area contributed by atoms with E-state index in [0.29, 0.717) is 32.4 Å². The third-order valence-electron chi connectivity index (χ3n) is 5.86. The largest absolute Gasteiger partial charge is 0.459 e. The molecular formula is C26H32N4O3. The number of nitrogens with one attached hydrogen (secondary N) is 1. The second-order valence-electron chi connectivity index (χ2n) is 8.21. The first-order valence-electron chi connectivity index (χ1n) is 11.2. The molecular weight excluding hydrogens is 416 g/mol. The lowest BCUT2D eigenvalue weighted by atomic mass is 9.97. The number of likely N-dealkylation sites (N-methyl/N-ethyl adjacent to an activating group) is 1. The van der Waals surface area contributed by atoms with E-state index in [-0.39, 0.29) is 11.8 Å². The highest BCUT2D eigenvalue weighted by molar-refractivity contribution is 5.91. The molecule has 0 aliphatic heterocycles. The van der Waals surface area contributed by atoms with Crippen molar-refractivity contribution in [3.63, 3.8) is 0 Å². The number of benzene rings is 1. The number of rotatable bonds is 11. The first kappa shape index (κ1) is 24.2. The highest BCUT2D eigenvalue weighted by Crippen LogP contribution is 2.26. The molecule has 0 aliphatic carbocycles. The summed E-state index contributed by atoms with van der Waals surface area (Å²) >= 11 is 0. The van der Waals surface area contributed by atoms with Crippen molar-refractivity contribution in [1.29, 1.82) is 0 Å². The standard InChI is InChI=1S/C26H32N4O3/c1-18-22-6-4-5-7-23(22)33-24(18)16-30(3)25(32)11-9-20-14-21(26(28-2)29-15-20)10-8-19(17-31)12-13-27/h4-7,9,11,14-15,17,19H,8,10,12-13,16,27H2,1-3H3,(H,28,29)/b11-9+. The number of furan rings is 1. The molecule has 0 fully saturated rings. The number of amides is 1. The van der Waals surface area contributed by atoms with Crippen molar-refractivity contribution < 1.29 is 14.0 Å². The van der Waals surface area contributed by atoms with Crippen LogP contribution < -0.4 is 11.1 Å². The number of carbonyl (C=O) groups is 2. The molecule has 174 valence electrons. The quantitative estimate of drug-likeness (QED) is 0.340. The maximum Gasteiger partial charge on any atom is 0.246 e. The number of aryl methyl sites for hydroxylation is 2. The lowest BCUT2D eigenvalue weighted by Gasteiger charge is -2.14. The topological polar surface area (TPSA) is 101 Å². The van der Waals surface area contributed by atoms with Crippen molar-refractivity contribution in [2.45, 2.75) is 32.7 Å². The maximum atomic E-state index is 12.7. The van der Waals surface area contributed by atoms with Crippen molar-refractivity contribution >= 4 is 35.1 Å². The van der Waals surface area contributed by atoms with E-state index < -0.39 is 0 Å². The molecule has 2 heterocycles. The molecule has 33 heavy (non-hydrogen) atoms. The number of hydrogen-bond donors (Lipinski definition) is 2. The Morgan fingerprint density at radius 3 is 2.79 bits per heavy atom. The van der Waals surface area contributed by atoms with Crippen molar-refractivity contribution in [2.75, 3.05) is 26.0 Å². The molecule has 0 bridgehead atoms. The van der Waals surface area contributed by atoms with Crippen LogP contribution in [0, 0.1) is 12.8 Å². The summed E-state index contributed by atoms with van der Waals surface area (Å²) in [7, 11) is 3.57.